The summed E-state index contributed by atoms with van der Waals surface area (Å²) in [5.41, 5.74) is 1.31. The molecule has 6 nitrogen and oxygen atoms in total. The Morgan fingerprint density at radius 2 is 2.00 bits per heavy atom. The number of hydrogen-bond donors (Lipinski definition) is 0. The van der Waals surface area contributed by atoms with E-state index in [1.54, 1.807) is 23.1 Å². The second-order valence-electron chi connectivity index (χ2n) is 7.68. The van der Waals surface area contributed by atoms with Gasteiger partial charge in [-0.15, -0.1) is 23.1 Å². The fourth-order valence-electron chi connectivity index (χ4n) is 4.03. The molecule has 0 N–H and O–H groups in total. The van der Waals surface area contributed by atoms with Gasteiger partial charge in [-0.05, 0) is 42.5 Å². The molecule has 0 aliphatic carbocycles. The lowest BCUT2D eigenvalue weighted by Gasteiger charge is -2.35. The van der Waals surface area contributed by atoms with Gasteiger partial charge >= 0.3 is 0 Å². The molecule has 156 valence electrons. The van der Waals surface area contributed by atoms with E-state index in [-0.39, 0.29) is 5.25 Å². The first kappa shape index (κ1) is 19.8. The van der Waals surface area contributed by atoms with Gasteiger partial charge in [-0.1, -0.05) is 29.4 Å². The van der Waals surface area contributed by atoms with Crippen molar-refractivity contribution in [3.63, 3.8) is 0 Å². The van der Waals surface area contributed by atoms with E-state index in [0.717, 1.165) is 56.9 Å². The Morgan fingerprint density at radius 1 is 1.13 bits per heavy atom. The van der Waals surface area contributed by atoms with Crippen molar-refractivity contribution >= 4 is 29.0 Å². The normalized spacial score (nSPS) is 19.2. The number of carbonyl (C=O) groups is 1. The molecule has 30 heavy (non-hydrogen) atoms. The number of rotatable bonds is 6. The quantitative estimate of drug-likeness (QED) is 0.584. The first-order valence-corrected chi connectivity index (χ1v) is 12.1. The average molecular weight is 441 g/mol. The van der Waals surface area contributed by atoms with Gasteiger partial charge in [0.1, 0.15) is 0 Å². The van der Waals surface area contributed by atoms with Crippen molar-refractivity contribution in [2.45, 2.75) is 29.4 Å². The van der Waals surface area contributed by atoms with Crippen molar-refractivity contribution in [3.8, 4) is 10.7 Å². The van der Waals surface area contributed by atoms with Gasteiger partial charge in [-0.25, -0.2) is 0 Å². The zero-order valence-electron chi connectivity index (χ0n) is 16.7. The fourth-order valence-corrected chi connectivity index (χ4v) is 5.96. The third-order valence-electron chi connectivity index (χ3n) is 5.68. The summed E-state index contributed by atoms with van der Waals surface area (Å²) in [6.07, 6.45) is 2.62. The van der Waals surface area contributed by atoms with Crippen molar-refractivity contribution in [2.75, 3.05) is 32.7 Å². The van der Waals surface area contributed by atoms with Crippen molar-refractivity contribution in [1.29, 1.82) is 0 Å². The van der Waals surface area contributed by atoms with Gasteiger partial charge in [0.25, 0.3) is 0 Å². The zero-order valence-corrected chi connectivity index (χ0v) is 18.3. The SMILES string of the molecule is O=C(C1Cc2ccccc2S1)N1CCN(CCCc2nc(-c3cccs3)no2)CC1. The van der Waals surface area contributed by atoms with Crippen LogP contribution in [0.5, 0.6) is 0 Å². The van der Waals surface area contributed by atoms with Crippen LogP contribution in [0.1, 0.15) is 17.9 Å². The summed E-state index contributed by atoms with van der Waals surface area (Å²) in [6.45, 7) is 4.48. The van der Waals surface area contributed by atoms with Gasteiger partial charge in [0.15, 0.2) is 0 Å². The summed E-state index contributed by atoms with van der Waals surface area (Å²) < 4.78 is 5.38. The Morgan fingerprint density at radius 3 is 2.80 bits per heavy atom. The van der Waals surface area contributed by atoms with Crippen LogP contribution in [0.15, 0.2) is 51.2 Å². The average Bonchev–Trinajstić information content (AvgIpc) is 3.53. The van der Waals surface area contributed by atoms with E-state index in [0.29, 0.717) is 17.6 Å². The molecule has 0 spiro atoms. The molecule has 0 saturated carbocycles. The van der Waals surface area contributed by atoms with E-state index in [4.69, 9.17) is 4.52 Å². The lowest BCUT2D eigenvalue weighted by atomic mass is 10.1. The third kappa shape index (κ3) is 4.31. The number of piperazine rings is 1. The third-order valence-corrected chi connectivity index (χ3v) is 7.85. The maximum Gasteiger partial charge on any atom is 0.236 e. The minimum Gasteiger partial charge on any atom is -0.339 e. The standard InChI is InChI=1S/C22H24N4O2S2/c27-22(19-15-16-5-1-2-6-17(16)30-19)26-12-10-25(11-13-26)9-3-8-20-23-21(24-28-20)18-7-4-14-29-18/h1-2,4-7,14,19H,3,8-13,15H2. The summed E-state index contributed by atoms with van der Waals surface area (Å²) in [7, 11) is 0. The maximum absolute atomic E-state index is 12.9. The predicted octanol–water partition coefficient (Wildman–Crippen LogP) is 3.59. The van der Waals surface area contributed by atoms with Crippen LogP contribution in [0.2, 0.25) is 0 Å². The topological polar surface area (TPSA) is 62.5 Å². The highest BCUT2D eigenvalue weighted by atomic mass is 32.2. The number of fused-ring (bicyclic) bond motifs is 1. The van der Waals surface area contributed by atoms with Crippen molar-refractivity contribution in [3.05, 3.63) is 53.2 Å². The molecule has 1 saturated heterocycles. The first-order chi connectivity index (χ1) is 14.8. The number of aromatic nitrogens is 2. The van der Waals surface area contributed by atoms with Crippen LogP contribution in [0.25, 0.3) is 10.7 Å². The second kappa shape index (κ2) is 8.91. The van der Waals surface area contributed by atoms with Gasteiger partial charge in [0.05, 0.1) is 10.1 Å². The van der Waals surface area contributed by atoms with Gasteiger partial charge in [0, 0.05) is 37.5 Å². The molecule has 1 atom stereocenters. The van der Waals surface area contributed by atoms with Crippen LogP contribution in [-0.4, -0.2) is 63.8 Å². The summed E-state index contributed by atoms with van der Waals surface area (Å²) in [6, 6.07) is 12.4. The minimum absolute atomic E-state index is 0.0454. The lowest BCUT2D eigenvalue weighted by molar-refractivity contribution is -0.132. The summed E-state index contributed by atoms with van der Waals surface area (Å²) in [4.78, 5) is 24.2. The molecular weight excluding hydrogens is 416 g/mol. The predicted molar refractivity (Wildman–Crippen MR) is 119 cm³/mol. The Hall–Kier alpha value is -2.16. The molecule has 1 unspecified atom stereocenters. The van der Waals surface area contributed by atoms with Crippen molar-refractivity contribution < 1.29 is 9.32 Å². The fraction of sp³-hybridized carbons (Fsp3) is 0.409. The first-order valence-electron chi connectivity index (χ1n) is 10.4. The van der Waals surface area contributed by atoms with Gasteiger partial charge in [-0.3, -0.25) is 9.69 Å². The second-order valence-corrected chi connectivity index (χ2v) is 9.87. The largest absolute Gasteiger partial charge is 0.339 e. The number of carbonyl (C=O) groups excluding carboxylic acids is 1. The van der Waals surface area contributed by atoms with Crippen LogP contribution < -0.4 is 0 Å². The van der Waals surface area contributed by atoms with E-state index in [2.05, 4.69) is 39.3 Å². The molecule has 1 aromatic carbocycles. The molecule has 3 aromatic rings. The molecular formula is C22H24N4O2S2. The van der Waals surface area contributed by atoms with Gasteiger partial charge in [0.2, 0.25) is 17.6 Å². The highest BCUT2D eigenvalue weighted by molar-refractivity contribution is 8.01. The van der Waals surface area contributed by atoms with Crippen LogP contribution in [-0.2, 0) is 17.6 Å². The molecule has 1 amide bonds. The number of amides is 1. The Balaban J connectivity index is 1.05. The van der Waals surface area contributed by atoms with E-state index >= 15 is 0 Å². The number of thioether (sulfide) groups is 1. The zero-order chi connectivity index (χ0) is 20.3. The van der Waals surface area contributed by atoms with Crippen molar-refractivity contribution in [1.82, 2.24) is 19.9 Å². The van der Waals surface area contributed by atoms with E-state index in [1.807, 2.05) is 22.4 Å². The Labute approximate surface area is 184 Å². The summed E-state index contributed by atoms with van der Waals surface area (Å²) in [5, 5.41) is 6.13. The molecule has 2 aliphatic heterocycles. The molecule has 8 heteroatoms. The smallest absolute Gasteiger partial charge is 0.236 e. The summed E-state index contributed by atoms with van der Waals surface area (Å²) in [5.74, 6) is 1.67. The highest BCUT2D eigenvalue weighted by Crippen LogP contribution is 2.37. The Kier molecular flexibility index (Phi) is 5.88. The molecule has 2 aliphatic rings. The number of nitrogens with zero attached hydrogens (tertiary/aromatic N) is 4. The molecule has 2 aromatic heterocycles. The van der Waals surface area contributed by atoms with Gasteiger partial charge < -0.3 is 9.42 Å². The minimum atomic E-state index is 0.0454. The van der Waals surface area contributed by atoms with E-state index in [1.165, 1.54) is 10.5 Å². The molecule has 0 bridgehead atoms. The molecule has 1 fully saturated rings. The van der Waals surface area contributed by atoms with Crippen LogP contribution in [0.4, 0.5) is 0 Å². The summed E-state index contributed by atoms with van der Waals surface area (Å²) >= 11 is 3.34. The van der Waals surface area contributed by atoms with Crippen LogP contribution >= 0.6 is 23.1 Å². The van der Waals surface area contributed by atoms with Crippen LogP contribution in [0.3, 0.4) is 0 Å². The lowest BCUT2D eigenvalue weighted by Crippen LogP contribution is -2.51. The molecule has 4 heterocycles. The number of aryl methyl sites for hydroxylation is 1. The Bertz CT molecular complexity index is 971. The van der Waals surface area contributed by atoms with Crippen molar-refractivity contribution in [2.24, 2.45) is 0 Å². The maximum atomic E-state index is 12.9. The molecule has 0 radical (unpaired) electrons. The van der Waals surface area contributed by atoms with Crippen LogP contribution in [0, 0.1) is 0 Å². The number of thiophene rings is 1. The monoisotopic (exact) mass is 440 g/mol. The number of hydrogen-bond acceptors (Lipinski definition) is 7. The highest BCUT2D eigenvalue weighted by Gasteiger charge is 2.32. The van der Waals surface area contributed by atoms with Gasteiger partial charge in [-0.2, -0.15) is 4.98 Å². The van der Waals surface area contributed by atoms with E-state index < -0.39 is 0 Å². The van der Waals surface area contributed by atoms with E-state index in [9.17, 15) is 4.79 Å². The molecule has 5 rings (SSSR count). The number of benzene rings is 1.